The Morgan fingerprint density at radius 3 is 2.24 bits per heavy atom. The minimum atomic E-state index is -4.96. The summed E-state index contributed by atoms with van der Waals surface area (Å²) in [6.45, 7) is 0. The van der Waals surface area contributed by atoms with Crippen LogP contribution in [0.3, 0.4) is 0 Å². The van der Waals surface area contributed by atoms with Gasteiger partial charge in [0.05, 0.1) is 4.47 Å². The van der Waals surface area contributed by atoms with Gasteiger partial charge in [0.1, 0.15) is 5.75 Å². The maximum atomic E-state index is 12.4. The van der Waals surface area contributed by atoms with E-state index in [-0.39, 0.29) is 64.9 Å². The molecule has 0 fully saturated rings. The first-order valence-electron chi connectivity index (χ1n) is 6.59. The van der Waals surface area contributed by atoms with Crippen LogP contribution in [0.4, 0.5) is 8.78 Å². The van der Waals surface area contributed by atoms with Crippen molar-refractivity contribution < 1.29 is 22.8 Å². The van der Waals surface area contributed by atoms with Crippen LogP contribution in [0.5, 0.6) is 5.75 Å². The van der Waals surface area contributed by atoms with Crippen molar-refractivity contribution >= 4 is 94.4 Å². The van der Waals surface area contributed by atoms with Crippen molar-refractivity contribution in [3.05, 3.63) is 64.1 Å². The molecule has 25 heavy (non-hydrogen) atoms. The SMILES string of the molecule is O=P(O)(Oc1ccc(CSCc2ccccc2)cc1Br)C(F)F.[Na].[Na]. The van der Waals surface area contributed by atoms with Gasteiger partial charge in [0, 0.05) is 70.6 Å². The number of hydrogen-bond acceptors (Lipinski definition) is 3. The molecule has 0 aliphatic carbocycles. The molecule has 0 amide bonds. The van der Waals surface area contributed by atoms with E-state index in [0.29, 0.717) is 4.47 Å². The van der Waals surface area contributed by atoms with Gasteiger partial charge in [-0.25, -0.2) is 4.57 Å². The van der Waals surface area contributed by atoms with Gasteiger partial charge < -0.3 is 9.42 Å². The van der Waals surface area contributed by atoms with E-state index < -0.39 is 13.8 Å². The summed E-state index contributed by atoms with van der Waals surface area (Å²) in [6.07, 6.45) is -3.43. The van der Waals surface area contributed by atoms with E-state index in [4.69, 9.17) is 4.89 Å². The average molecular weight is 469 g/mol. The van der Waals surface area contributed by atoms with Crippen LogP contribution >= 0.6 is 35.3 Å². The molecule has 2 aromatic rings. The van der Waals surface area contributed by atoms with Gasteiger partial charge in [-0.2, -0.15) is 20.5 Å². The summed E-state index contributed by atoms with van der Waals surface area (Å²) in [5, 5.41) is 0. The molecule has 2 radical (unpaired) electrons. The maximum absolute atomic E-state index is 12.4. The largest absolute Gasteiger partial charge is 0.442 e. The smallest absolute Gasteiger partial charge is 0.420 e. The van der Waals surface area contributed by atoms with Crippen molar-refractivity contribution in [1.29, 1.82) is 0 Å². The fourth-order valence-electron chi connectivity index (χ4n) is 1.75. The molecule has 1 N–H and O–H groups in total. The summed E-state index contributed by atoms with van der Waals surface area (Å²) in [5.74, 6) is 1.50. The van der Waals surface area contributed by atoms with Crippen molar-refractivity contribution in [3.63, 3.8) is 0 Å². The second kappa shape index (κ2) is 12.6. The van der Waals surface area contributed by atoms with Crippen molar-refractivity contribution in [1.82, 2.24) is 0 Å². The Morgan fingerprint density at radius 1 is 1.08 bits per heavy atom. The molecule has 0 saturated carbocycles. The third kappa shape index (κ3) is 8.77. The Balaban J connectivity index is 0.00000288. The van der Waals surface area contributed by atoms with Gasteiger partial charge in [-0.1, -0.05) is 36.4 Å². The summed E-state index contributed by atoms with van der Waals surface area (Å²) < 4.78 is 40.9. The Kier molecular flexibility index (Phi) is 13.1. The average Bonchev–Trinajstić information content (AvgIpc) is 2.51. The predicted octanol–water partition coefficient (Wildman–Crippen LogP) is 4.91. The van der Waals surface area contributed by atoms with Crippen LogP contribution < -0.4 is 4.52 Å². The fourth-order valence-corrected chi connectivity index (χ4v) is 3.85. The van der Waals surface area contributed by atoms with Crippen molar-refractivity contribution in [3.8, 4) is 5.75 Å². The molecule has 0 saturated heterocycles. The van der Waals surface area contributed by atoms with Crippen molar-refractivity contribution in [2.75, 3.05) is 0 Å². The first-order valence-corrected chi connectivity index (χ1v) is 10.2. The molecule has 126 valence electrons. The van der Waals surface area contributed by atoms with E-state index in [1.807, 2.05) is 30.3 Å². The Morgan fingerprint density at radius 2 is 1.68 bits per heavy atom. The van der Waals surface area contributed by atoms with E-state index in [9.17, 15) is 13.3 Å². The van der Waals surface area contributed by atoms with Gasteiger partial charge in [-0.05, 0) is 39.2 Å². The zero-order valence-electron chi connectivity index (χ0n) is 13.9. The van der Waals surface area contributed by atoms with Gasteiger partial charge in [0.25, 0.3) is 0 Å². The van der Waals surface area contributed by atoms with E-state index in [2.05, 4.69) is 20.5 Å². The third-order valence-electron chi connectivity index (χ3n) is 2.85. The van der Waals surface area contributed by atoms with E-state index in [0.717, 1.165) is 17.1 Å². The molecular weight excluding hydrogens is 455 g/mol. The second-order valence-electron chi connectivity index (χ2n) is 4.68. The molecule has 0 aliphatic rings. The summed E-state index contributed by atoms with van der Waals surface area (Å²) in [6, 6.07) is 14.8. The molecule has 2 rings (SSSR count). The van der Waals surface area contributed by atoms with Crippen LogP contribution in [0, 0.1) is 0 Å². The predicted molar refractivity (Wildman–Crippen MR) is 104 cm³/mol. The van der Waals surface area contributed by atoms with E-state index in [1.54, 1.807) is 23.9 Å². The van der Waals surface area contributed by atoms with Gasteiger partial charge in [0.2, 0.25) is 0 Å². The number of benzene rings is 2. The van der Waals surface area contributed by atoms with E-state index >= 15 is 0 Å². The van der Waals surface area contributed by atoms with Crippen LogP contribution in [-0.4, -0.2) is 70.2 Å². The monoisotopic (exact) mass is 468 g/mol. The van der Waals surface area contributed by atoms with Crippen LogP contribution in [0.2, 0.25) is 0 Å². The first-order chi connectivity index (χ1) is 10.9. The number of hydrogen-bond donors (Lipinski definition) is 1. The van der Waals surface area contributed by atoms with Crippen molar-refractivity contribution in [2.24, 2.45) is 0 Å². The Bertz CT molecular complexity index is 710. The summed E-state index contributed by atoms with van der Waals surface area (Å²) in [4.78, 5) is 9.06. The van der Waals surface area contributed by atoms with Crippen LogP contribution in [0.15, 0.2) is 53.0 Å². The molecule has 10 heteroatoms. The standard InChI is InChI=1S/C15H14BrF2O3PS.2Na/c16-13-8-12(10-23-9-11-4-2-1-3-5-11)6-7-14(13)21-22(19,20)15(17)18;;/h1-8,15H,9-10H2,(H,19,20);;. The molecule has 0 bridgehead atoms. The molecule has 3 nitrogen and oxygen atoms in total. The van der Waals surface area contributed by atoms with Crippen LogP contribution in [-0.2, 0) is 16.1 Å². The van der Waals surface area contributed by atoms with Crippen LogP contribution in [0.25, 0.3) is 0 Å². The number of rotatable bonds is 7. The normalized spacial score (nSPS) is 12.7. The van der Waals surface area contributed by atoms with Gasteiger partial charge in [-0.15, -0.1) is 0 Å². The molecule has 0 aromatic heterocycles. The number of thioether (sulfide) groups is 1. The molecule has 0 heterocycles. The van der Waals surface area contributed by atoms with Gasteiger partial charge in [-0.3, -0.25) is 0 Å². The molecule has 0 aliphatic heterocycles. The molecule has 1 atom stereocenters. The minimum absolute atomic E-state index is 0. The first kappa shape index (κ1) is 26.1. The maximum Gasteiger partial charge on any atom is 0.442 e. The summed E-state index contributed by atoms with van der Waals surface area (Å²) in [7, 11) is -4.96. The minimum Gasteiger partial charge on any atom is -0.420 e. The van der Waals surface area contributed by atoms with Gasteiger partial charge in [0.15, 0.2) is 0 Å². The number of alkyl halides is 2. The Labute approximate surface area is 202 Å². The summed E-state index contributed by atoms with van der Waals surface area (Å²) >= 11 is 4.88. The van der Waals surface area contributed by atoms with Crippen LogP contribution in [0.1, 0.15) is 11.1 Å². The molecule has 0 spiro atoms. The topological polar surface area (TPSA) is 46.5 Å². The zero-order valence-corrected chi connectivity index (χ0v) is 21.2. The number of halogens is 3. The Hall–Kier alpha value is 1.12. The fraction of sp³-hybridized carbons (Fsp3) is 0.200. The van der Waals surface area contributed by atoms with Crippen molar-refractivity contribution in [2.45, 2.75) is 17.7 Å². The second-order valence-corrected chi connectivity index (χ2v) is 8.22. The molecular formula is C15H14BrF2Na2O3PS. The third-order valence-corrected chi connectivity index (χ3v) is 5.50. The molecule has 1 unspecified atom stereocenters. The van der Waals surface area contributed by atoms with Gasteiger partial charge >= 0.3 is 13.8 Å². The molecule has 2 aromatic carbocycles. The summed E-state index contributed by atoms with van der Waals surface area (Å²) in [5.41, 5.74) is 2.17. The zero-order chi connectivity index (χ0) is 16.9. The quantitative estimate of drug-likeness (QED) is 0.463. The van der Waals surface area contributed by atoms with E-state index in [1.165, 1.54) is 11.6 Å².